The zero-order valence-electron chi connectivity index (χ0n) is 12.8. The summed E-state index contributed by atoms with van der Waals surface area (Å²) in [4.78, 5) is 0. The maximum absolute atomic E-state index is 4.48. The summed E-state index contributed by atoms with van der Waals surface area (Å²) < 4.78 is 1.87. The van der Waals surface area contributed by atoms with Gasteiger partial charge in [0, 0.05) is 19.3 Å². The van der Waals surface area contributed by atoms with Gasteiger partial charge < -0.3 is 5.32 Å². The van der Waals surface area contributed by atoms with Crippen LogP contribution in [0.1, 0.15) is 31.1 Å². The summed E-state index contributed by atoms with van der Waals surface area (Å²) in [5.41, 5.74) is 3.53. The van der Waals surface area contributed by atoms with Crippen molar-refractivity contribution < 1.29 is 0 Å². The van der Waals surface area contributed by atoms with Crippen molar-refractivity contribution in [3.05, 3.63) is 59.9 Å². The highest BCUT2D eigenvalue weighted by atomic mass is 15.3. The van der Waals surface area contributed by atoms with Crippen molar-refractivity contribution in [2.75, 3.05) is 5.32 Å². The van der Waals surface area contributed by atoms with Crippen molar-refractivity contribution in [1.82, 2.24) is 9.78 Å². The maximum Gasteiger partial charge on any atom is 0.0853 e. The number of hydrogen-bond acceptors (Lipinski definition) is 2. The molecule has 0 bridgehead atoms. The molecule has 0 spiro atoms. The monoisotopic (exact) mass is 279 g/mol. The first-order valence-electron chi connectivity index (χ1n) is 7.45. The van der Waals surface area contributed by atoms with Gasteiger partial charge in [-0.05, 0) is 35.7 Å². The van der Waals surface area contributed by atoms with Gasteiger partial charge in [0.2, 0.25) is 0 Å². The van der Waals surface area contributed by atoms with Gasteiger partial charge in [-0.3, -0.25) is 4.68 Å². The first kappa shape index (κ1) is 13.7. The molecule has 3 rings (SSSR count). The van der Waals surface area contributed by atoms with E-state index >= 15 is 0 Å². The molecule has 0 fully saturated rings. The zero-order valence-corrected chi connectivity index (χ0v) is 12.8. The molecule has 1 unspecified atom stereocenters. The normalized spacial score (nSPS) is 12.5. The molecule has 1 heterocycles. The lowest BCUT2D eigenvalue weighted by atomic mass is 10.0. The second-order valence-electron chi connectivity index (χ2n) is 5.49. The van der Waals surface area contributed by atoms with Crippen LogP contribution in [-0.2, 0) is 13.5 Å². The second-order valence-corrected chi connectivity index (χ2v) is 5.49. The molecule has 0 amide bonds. The van der Waals surface area contributed by atoms with E-state index in [1.807, 2.05) is 11.7 Å². The summed E-state index contributed by atoms with van der Waals surface area (Å²) in [6.07, 6.45) is 2.99. The predicted molar refractivity (Wildman–Crippen MR) is 88.6 cm³/mol. The maximum atomic E-state index is 4.48. The van der Waals surface area contributed by atoms with Gasteiger partial charge >= 0.3 is 0 Å². The highest BCUT2D eigenvalue weighted by molar-refractivity contribution is 5.83. The van der Waals surface area contributed by atoms with Gasteiger partial charge in [0.15, 0.2) is 0 Å². The Morgan fingerprint density at radius 2 is 1.90 bits per heavy atom. The SMILES string of the molecule is CCc1nn(C)cc1NC(C)c1ccc2ccccc2c1. The van der Waals surface area contributed by atoms with Crippen LogP contribution < -0.4 is 5.32 Å². The van der Waals surface area contributed by atoms with Gasteiger partial charge in [0.1, 0.15) is 0 Å². The Bertz CT molecular complexity index is 758. The largest absolute Gasteiger partial charge is 0.376 e. The summed E-state index contributed by atoms with van der Waals surface area (Å²) in [5, 5.41) is 10.6. The number of aromatic nitrogens is 2. The van der Waals surface area contributed by atoms with Crippen molar-refractivity contribution in [3.8, 4) is 0 Å². The molecule has 0 saturated heterocycles. The van der Waals surface area contributed by atoms with Crippen LogP contribution in [0, 0.1) is 0 Å². The van der Waals surface area contributed by atoms with E-state index in [1.165, 1.54) is 16.3 Å². The minimum atomic E-state index is 0.254. The number of benzene rings is 2. The molecule has 3 aromatic rings. The van der Waals surface area contributed by atoms with E-state index in [2.05, 4.69) is 72.9 Å². The summed E-state index contributed by atoms with van der Waals surface area (Å²) in [6.45, 7) is 4.32. The molecule has 0 aliphatic rings. The summed E-state index contributed by atoms with van der Waals surface area (Å²) in [7, 11) is 1.96. The van der Waals surface area contributed by atoms with Gasteiger partial charge in [0.25, 0.3) is 0 Å². The van der Waals surface area contributed by atoms with Gasteiger partial charge in [-0.1, -0.05) is 43.3 Å². The average molecular weight is 279 g/mol. The van der Waals surface area contributed by atoms with Crippen molar-refractivity contribution in [2.45, 2.75) is 26.3 Å². The van der Waals surface area contributed by atoms with Gasteiger partial charge in [-0.25, -0.2) is 0 Å². The van der Waals surface area contributed by atoms with Crippen molar-refractivity contribution in [2.24, 2.45) is 7.05 Å². The Balaban J connectivity index is 1.87. The summed E-state index contributed by atoms with van der Waals surface area (Å²) in [6, 6.07) is 15.4. The summed E-state index contributed by atoms with van der Waals surface area (Å²) >= 11 is 0. The molecule has 2 aromatic carbocycles. The van der Waals surface area contributed by atoms with E-state index in [0.717, 1.165) is 17.8 Å². The minimum absolute atomic E-state index is 0.254. The van der Waals surface area contributed by atoms with Crippen LogP contribution in [0.5, 0.6) is 0 Å². The molecule has 3 nitrogen and oxygen atoms in total. The Labute approximate surface area is 125 Å². The number of rotatable bonds is 4. The number of nitrogens with zero attached hydrogens (tertiary/aromatic N) is 2. The van der Waals surface area contributed by atoms with Gasteiger partial charge in [0.05, 0.1) is 11.4 Å². The number of nitrogens with one attached hydrogen (secondary N) is 1. The first-order chi connectivity index (χ1) is 10.2. The Hall–Kier alpha value is -2.29. The van der Waals surface area contributed by atoms with E-state index in [9.17, 15) is 0 Å². The fraction of sp³-hybridized carbons (Fsp3) is 0.278. The lowest BCUT2D eigenvalue weighted by Gasteiger charge is -2.16. The van der Waals surface area contributed by atoms with E-state index < -0.39 is 0 Å². The van der Waals surface area contributed by atoms with Crippen molar-refractivity contribution >= 4 is 16.5 Å². The predicted octanol–water partition coefficient (Wildman–Crippen LogP) is 4.31. The van der Waals surface area contributed by atoms with Gasteiger partial charge in [-0.2, -0.15) is 5.10 Å². The highest BCUT2D eigenvalue weighted by Crippen LogP contribution is 2.25. The van der Waals surface area contributed by atoms with Crippen molar-refractivity contribution in [3.63, 3.8) is 0 Å². The molecule has 108 valence electrons. The molecule has 3 heteroatoms. The average Bonchev–Trinajstić information content (AvgIpc) is 2.86. The molecule has 0 aliphatic heterocycles. The molecule has 21 heavy (non-hydrogen) atoms. The fourth-order valence-corrected chi connectivity index (χ4v) is 2.71. The topological polar surface area (TPSA) is 29.9 Å². The number of aryl methyl sites for hydroxylation is 2. The molecule has 1 N–H and O–H groups in total. The third-order valence-electron chi connectivity index (χ3n) is 3.89. The smallest absolute Gasteiger partial charge is 0.0853 e. The molecular weight excluding hydrogens is 258 g/mol. The van der Waals surface area contributed by atoms with Crippen LogP contribution >= 0.6 is 0 Å². The number of hydrogen-bond donors (Lipinski definition) is 1. The highest BCUT2D eigenvalue weighted by Gasteiger charge is 2.11. The van der Waals surface area contributed by atoms with Crippen LogP contribution in [0.3, 0.4) is 0 Å². The number of fused-ring (bicyclic) bond motifs is 1. The Kier molecular flexibility index (Phi) is 3.65. The van der Waals surface area contributed by atoms with E-state index in [1.54, 1.807) is 0 Å². The number of anilines is 1. The third kappa shape index (κ3) is 2.77. The zero-order chi connectivity index (χ0) is 14.8. The lowest BCUT2D eigenvalue weighted by Crippen LogP contribution is -2.07. The van der Waals surface area contributed by atoms with E-state index in [-0.39, 0.29) is 6.04 Å². The van der Waals surface area contributed by atoms with Crippen LogP contribution in [0.2, 0.25) is 0 Å². The Morgan fingerprint density at radius 3 is 2.67 bits per heavy atom. The molecule has 1 atom stereocenters. The molecule has 0 aliphatic carbocycles. The minimum Gasteiger partial charge on any atom is -0.376 e. The molecular formula is C18H21N3. The molecule has 0 saturated carbocycles. The summed E-state index contributed by atoms with van der Waals surface area (Å²) in [5.74, 6) is 0. The Morgan fingerprint density at radius 1 is 1.14 bits per heavy atom. The van der Waals surface area contributed by atoms with Crippen LogP contribution in [0.15, 0.2) is 48.7 Å². The first-order valence-corrected chi connectivity index (χ1v) is 7.45. The fourth-order valence-electron chi connectivity index (χ4n) is 2.71. The van der Waals surface area contributed by atoms with Crippen LogP contribution in [0.4, 0.5) is 5.69 Å². The lowest BCUT2D eigenvalue weighted by molar-refractivity contribution is 0.746. The quantitative estimate of drug-likeness (QED) is 0.771. The van der Waals surface area contributed by atoms with E-state index in [4.69, 9.17) is 0 Å². The van der Waals surface area contributed by atoms with Gasteiger partial charge in [-0.15, -0.1) is 0 Å². The standard InChI is InChI=1S/C18H21N3/c1-4-17-18(12-21(3)20-17)19-13(2)15-10-9-14-7-5-6-8-16(14)11-15/h5-13,19H,4H2,1-3H3. The van der Waals surface area contributed by atoms with Crippen LogP contribution in [-0.4, -0.2) is 9.78 Å². The van der Waals surface area contributed by atoms with E-state index in [0.29, 0.717) is 0 Å². The third-order valence-corrected chi connectivity index (χ3v) is 3.89. The molecule has 1 aromatic heterocycles. The second kappa shape index (κ2) is 5.60. The van der Waals surface area contributed by atoms with Crippen LogP contribution in [0.25, 0.3) is 10.8 Å². The molecule has 0 radical (unpaired) electrons. The van der Waals surface area contributed by atoms with Crippen molar-refractivity contribution in [1.29, 1.82) is 0 Å².